The Morgan fingerprint density at radius 1 is 1.40 bits per heavy atom. The van der Waals surface area contributed by atoms with Crippen molar-refractivity contribution in [1.82, 2.24) is 0 Å². The van der Waals surface area contributed by atoms with Gasteiger partial charge in [0.15, 0.2) is 0 Å². The van der Waals surface area contributed by atoms with Gasteiger partial charge in [-0.3, -0.25) is 9.59 Å². The van der Waals surface area contributed by atoms with Gasteiger partial charge in [-0.15, -0.1) is 0 Å². The van der Waals surface area contributed by atoms with Gasteiger partial charge in [0.25, 0.3) is 0 Å². The first-order valence-electron chi connectivity index (χ1n) is 6.13. The minimum atomic E-state index is -0.721. The number of hydrogen-bond acceptors (Lipinski definition) is 3. The van der Waals surface area contributed by atoms with Gasteiger partial charge < -0.3 is 5.11 Å². The van der Waals surface area contributed by atoms with E-state index in [1.807, 2.05) is 0 Å². The molecule has 0 bridgehead atoms. The average molecular weight is 292 g/mol. The summed E-state index contributed by atoms with van der Waals surface area (Å²) in [6.07, 6.45) is 0.158. The van der Waals surface area contributed by atoms with Gasteiger partial charge in [0.1, 0.15) is 6.61 Å². The monoisotopic (exact) mass is 291 g/mol. The number of carbonyl (C=O) groups excluding carboxylic acids is 2. The lowest BCUT2D eigenvalue weighted by Gasteiger charge is -2.19. The Balaban J connectivity index is 2.54. The number of nitrogens with zero attached hydrogens (tertiary/aromatic N) is 1. The number of amides is 2. The molecule has 0 unspecified atom stereocenters. The lowest BCUT2D eigenvalue weighted by atomic mass is 9.92. The van der Waals surface area contributed by atoms with E-state index in [1.165, 1.54) is 0 Å². The standard InChI is InChI=1S/C15H14ClNO3/c1-15(2)9-13(19)17(14(15)20)12-8-11(16)6-5-10(12)4-3-7-18/h5-6,8,18H,7,9H2,1-2H3. The van der Waals surface area contributed by atoms with Crippen molar-refractivity contribution in [2.24, 2.45) is 5.41 Å². The van der Waals surface area contributed by atoms with Crippen LogP contribution in [0, 0.1) is 17.3 Å². The molecule has 1 aliphatic rings. The SMILES string of the molecule is CC1(C)CC(=O)N(c2cc(Cl)ccc2C#CCO)C1=O. The number of aliphatic hydroxyl groups is 1. The van der Waals surface area contributed by atoms with Crippen LogP contribution in [0.25, 0.3) is 0 Å². The fourth-order valence-corrected chi connectivity index (χ4v) is 2.29. The molecule has 104 valence electrons. The third-order valence-corrected chi connectivity index (χ3v) is 3.36. The van der Waals surface area contributed by atoms with Crippen LogP contribution < -0.4 is 4.90 Å². The van der Waals surface area contributed by atoms with Crippen molar-refractivity contribution >= 4 is 29.1 Å². The summed E-state index contributed by atoms with van der Waals surface area (Å²) in [7, 11) is 0. The van der Waals surface area contributed by atoms with Gasteiger partial charge in [0.2, 0.25) is 11.8 Å². The first-order valence-corrected chi connectivity index (χ1v) is 6.51. The van der Waals surface area contributed by atoms with E-state index in [0.717, 1.165) is 4.90 Å². The highest BCUT2D eigenvalue weighted by Gasteiger charge is 2.46. The van der Waals surface area contributed by atoms with E-state index in [0.29, 0.717) is 16.3 Å². The van der Waals surface area contributed by atoms with E-state index in [9.17, 15) is 9.59 Å². The number of carbonyl (C=O) groups is 2. The lowest BCUT2D eigenvalue weighted by molar-refractivity contribution is -0.124. The lowest BCUT2D eigenvalue weighted by Crippen LogP contribution is -2.33. The number of imide groups is 1. The smallest absolute Gasteiger partial charge is 0.239 e. The summed E-state index contributed by atoms with van der Waals surface area (Å²) in [6, 6.07) is 4.80. The summed E-state index contributed by atoms with van der Waals surface area (Å²) in [5, 5.41) is 9.19. The van der Waals surface area contributed by atoms with E-state index in [4.69, 9.17) is 16.7 Å². The highest BCUT2D eigenvalue weighted by molar-refractivity contribution is 6.31. The van der Waals surface area contributed by atoms with Crippen molar-refractivity contribution in [1.29, 1.82) is 0 Å². The van der Waals surface area contributed by atoms with Gasteiger partial charge >= 0.3 is 0 Å². The van der Waals surface area contributed by atoms with Crippen molar-refractivity contribution < 1.29 is 14.7 Å². The molecule has 1 saturated heterocycles. The zero-order valence-electron chi connectivity index (χ0n) is 11.2. The Kier molecular flexibility index (Phi) is 3.85. The zero-order chi connectivity index (χ0) is 14.9. The molecule has 1 aliphatic heterocycles. The summed E-state index contributed by atoms with van der Waals surface area (Å²) < 4.78 is 0. The molecule has 0 radical (unpaired) electrons. The van der Waals surface area contributed by atoms with E-state index in [2.05, 4.69) is 11.8 Å². The molecule has 0 atom stereocenters. The molecule has 1 aromatic carbocycles. The first-order chi connectivity index (χ1) is 9.36. The Morgan fingerprint density at radius 2 is 2.10 bits per heavy atom. The van der Waals surface area contributed by atoms with Crippen LogP contribution in [0.1, 0.15) is 25.8 Å². The maximum absolute atomic E-state index is 12.3. The molecule has 1 fully saturated rings. The average Bonchev–Trinajstić information content (AvgIpc) is 2.57. The molecular formula is C15H14ClNO3. The van der Waals surface area contributed by atoms with Crippen molar-refractivity contribution in [3.8, 4) is 11.8 Å². The summed E-state index contributed by atoms with van der Waals surface area (Å²) in [6.45, 7) is 3.17. The third-order valence-electron chi connectivity index (χ3n) is 3.13. The summed E-state index contributed by atoms with van der Waals surface area (Å²) >= 11 is 5.95. The van der Waals surface area contributed by atoms with Gasteiger partial charge in [-0.25, -0.2) is 4.90 Å². The zero-order valence-corrected chi connectivity index (χ0v) is 12.0. The molecule has 0 spiro atoms. The highest BCUT2D eigenvalue weighted by atomic mass is 35.5. The summed E-state index contributed by atoms with van der Waals surface area (Å²) in [4.78, 5) is 25.6. The molecule has 0 aromatic heterocycles. The molecule has 0 aliphatic carbocycles. The second kappa shape index (κ2) is 5.28. The predicted molar refractivity (Wildman–Crippen MR) is 76.3 cm³/mol. The van der Waals surface area contributed by atoms with E-state index in [1.54, 1.807) is 32.0 Å². The molecule has 2 rings (SSSR count). The molecule has 1 aromatic rings. The Bertz CT molecular complexity index is 640. The number of rotatable bonds is 1. The van der Waals surface area contributed by atoms with E-state index in [-0.39, 0.29) is 24.8 Å². The molecule has 5 heteroatoms. The second-order valence-electron chi connectivity index (χ2n) is 5.22. The van der Waals surface area contributed by atoms with Crippen LogP contribution in [-0.2, 0) is 9.59 Å². The van der Waals surface area contributed by atoms with Gasteiger partial charge in [-0.1, -0.05) is 37.3 Å². The molecular weight excluding hydrogens is 278 g/mol. The number of halogens is 1. The Labute approximate surface area is 122 Å². The van der Waals surface area contributed by atoms with Crippen LogP contribution >= 0.6 is 11.6 Å². The van der Waals surface area contributed by atoms with Gasteiger partial charge in [0, 0.05) is 17.0 Å². The molecule has 1 heterocycles. The minimum absolute atomic E-state index is 0.158. The molecule has 4 nitrogen and oxygen atoms in total. The van der Waals surface area contributed by atoms with Crippen LogP contribution in [-0.4, -0.2) is 23.5 Å². The second-order valence-corrected chi connectivity index (χ2v) is 5.65. The number of aliphatic hydroxyl groups excluding tert-OH is 1. The predicted octanol–water partition coefficient (Wildman–Crippen LogP) is 1.97. The van der Waals surface area contributed by atoms with Crippen LogP contribution in [0.4, 0.5) is 5.69 Å². The highest BCUT2D eigenvalue weighted by Crippen LogP contribution is 2.37. The fourth-order valence-electron chi connectivity index (χ4n) is 2.12. The topological polar surface area (TPSA) is 57.6 Å². The third kappa shape index (κ3) is 2.55. The molecule has 2 amide bonds. The van der Waals surface area contributed by atoms with Crippen molar-refractivity contribution in [2.45, 2.75) is 20.3 Å². The molecule has 0 saturated carbocycles. The van der Waals surface area contributed by atoms with E-state index >= 15 is 0 Å². The van der Waals surface area contributed by atoms with Gasteiger partial charge in [-0.05, 0) is 18.2 Å². The van der Waals surface area contributed by atoms with Gasteiger partial charge in [-0.2, -0.15) is 0 Å². The quantitative estimate of drug-likeness (QED) is 0.636. The largest absolute Gasteiger partial charge is 0.384 e. The van der Waals surface area contributed by atoms with Crippen LogP contribution in [0.5, 0.6) is 0 Å². The number of anilines is 1. The fraction of sp³-hybridized carbons (Fsp3) is 0.333. The number of benzene rings is 1. The van der Waals surface area contributed by atoms with Gasteiger partial charge in [0.05, 0.1) is 11.1 Å². The maximum Gasteiger partial charge on any atom is 0.239 e. The molecule has 1 N–H and O–H groups in total. The summed E-state index contributed by atoms with van der Waals surface area (Å²) in [5.74, 6) is 4.71. The maximum atomic E-state index is 12.3. The summed E-state index contributed by atoms with van der Waals surface area (Å²) in [5.41, 5.74) is 0.142. The Hall–Kier alpha value is -1.83. The molecule has 20 heavy (non-hydrogen) atoms. The van der Waals surface area contributed by atoms with Crippen molar-refractivity contribution in [3.05, 3.63) is 28.8 Å². The number of hydrogen-bond donors (Lipinski definition) is 1. The van der Waals surface area contributed by atoms with E-state index < -0.39 is 5.41 Å². The van der Waals surface area contributed by atoms with Crippen LogP contribution in [0.3, 0.4) is 0 Å². The normalized spacial score (nSPS) is 17.1. The van der Waals surface area contributed by atoms with Crippen molar-refractivity contribution in [3.63, 3.8) is 0 Å². The minimum Gasteiger partial charge on any atom is -0.384 e. The Morgan fingerprint density at radius 3 is 2.65 bits per heavy atom. The van der Waals surface area contributed by atoms with Crippen molar-refractivity contribution in [2.75, 3.05) is 11.5 Å². The van der Waals surface area contributed by atoms with Crippen LogP contribution in [0.15, 0.2) is 18.2 Å². The first kappa shape index (κ1) is 14.6. The van der Waals surface area contributed by atoms with Crippen LogP contribution in [0.2, 0.25) is 5.02 Å².